The maximum absolute atomic E-state index is 2.23. The van der Waals surface area contributed by atoms with Gasteiger partial charge in [-0.25, -0.2) is 0 Å². The van der Waals surface area contributed by atoms with Gasteiger partial charge in [0.1, 0.15) is 0 Å². The van der Waals surface area contributed by atoms with Crippen LogP contribution in [-0.4, -0.2) is 0 Å². The molecule has 0 heteroatoms. The van der Waals surface area contributed by atoms with Crippen molar-refractivity contribution >= 4 is 0 Å². The summed E-state index contributed by atoms with van der Waals surface area (Å²) in [4.78, 5) is 0. The lowest BCUT2D eigenvalue weighted by Gasteiger charge is -2.05. The molecule has 0 bridgehead atoms. The van der Waals surface area contributed by atoms with Gasteiger partial charge in [-0.05, 0) is 31.4 Å². The summed E-state index contributed by atoms with van der Waals surface area (Å²) in [6.45, 7) is 10.5. The van der Waals surface area contributed by atoms with Crippen LogP contribution in [0.1, 0.15) is 63.1 Å². The summed E-state index contributed by atoms with van der Waals surface area (Å²) in [5.41, 5.74) is 4.24. The number of rotatable bonds is 1. The predicted octanol–water partition coefficient (Wildman–Crippen LogP) is 5.45. The number of hydrogen-bond acceptors (Lipinski definition) is 0. The van der Waals surface area contributed by atoms with Crippen LogP contribution in [0.3, 0.4) is 0 Å². The van der Waals surface area contributed by atoms with Crippen molar-refractivity contribution in [3.05, 3.63) is 34.9 Å². The average molecular weight is 220 g/mol. The first kappa shape index (κ1) is 15.2. The van der Waals surface area contributed by atoms with Crippen LogP contribution in [-0.2, 0) is 6.42 Å². The van der Waals surface area contributed by atoms with E-state index in [4.69, 9.17) is 0 Å². The van der Waals surface area contributed by atoms with Crippen LogP contribution in [0.5, 0.6) is 0 Å². The van der Waals surface area contributed by atoms with E-state index in [0.717, 1.165) is 6.42 Å². The summed E-state index contributed by atoms with van der Waals surface area (Å²) >= 11 is 0. The fraction of sp³-hybridized carbons (Fsp3) is 0.625. The lowest BCUT2D eigenvalue weighted by molar-refractivity contribution is 0.504. The van der Waals surface area contributed by atoms with Crippen molar-refractivity contribution < 1.29 is 0 Å². The maximum Gasteiger partial charge on any atom is -0.0305 e. The van der Waals surface area contributed by atoms with Gasteiger partial charge < -0.3 is 0 Å². The molecule has 92 valence electrons. The van der Waals surface area contributed by atoms with Crippen LogP contribution < -0.4 is 0 Å². The minimum atomic E-state index is 1.14. The van der Waals surface area contributed by atoms with Gasteiger partial charge >= 0.3 is 0 Å². The van der Waals surface area contributed by atoms with E-state index in [9.17, 15) is 0 Å². The topological polar surface area (TPSA) is 0 Å². The first-order valence-electron chi connectivity index (χ1n) is 6.80. The average Bonchev–Trinajstić information content (AvgIpc) is 2.18. The summed E-state index contributed by atoms with van der Waals surface area (Å²) in [6.07, 6.45) is 7.14. The Morgan fingerprint density at radius 3 is 1.75 bits per heavy atom. The van der Waals surface area contributed by atoms with Crippen LogP contribution in [0.15, 0.2) is 18.2 Å². The number of benzene rings is 1. The minimum Gasteiger partial charge on any atom is -0.0683 e. The van der Waals surface area contributed by atoms with Gasteiger partial charge in [0.25, 0.3) is 0 Å². The molecule has 1 aromatic carbocycles. The van der Waals surface area contributed by atoms with E-state index in [1.54, 1.807) is 0 Å². The summed E-state index contributed by atoms with van der Waals surface area (Å²) in [5.74, 6) is 0. The Hall–Kier alpha value is -0.780. The Bertz CT molecular complexity index is 265. The summed E-state index contributed by atoms with van der Waals surface area (Å²) in [6, 6.07) is 6.62. The first-order chi connectivity index (χ1) is 7.74. The van der Waals surface area contributed by atoms with Gasteiger partial charge in [0, 0.05) is 0 Å². The summed E-state index contributed by atoms with van der Waals surface area (Å²) in [7, 11) is 0. The second-order valence-electron chi connectivity index (χ2n) is 4.20. The standard InChI is InChI=1S/C10H14.C4H8.C2H6/c1-4-10-6-5-8(2)7-9(10)3;1-2-4-3-1;1-2/h5-7H,4H2,1-3H3;1-4H2;1-2H3. The number of aryl methyl sites for hydroxylation is 3. The molecule has 1 aliphatic carbocycles. The molecule has 0 aliphatic heterocycles. The van der Waals surface area contributed by atoms with E-state index in [0.29, 0.717) is 0 Å². The SMILES string of the molecule is C1CCC1.CC.CCc1ccc(C)cc1C. The molecule has 16 heavy (non-hydrogen) atoms. The molecule has 0 saturated heterocycles. The van der Waals surface area contributed by atoms with Crippen molar-refractivity contribution in [3.63, 3.8) is 0 Å². The fourth-order valence-corrected chi connectivity index (χ4v) is 1.49. The van der Waals surface area contributed by atoms with Crippen LogP contribution in [0.25, 0.3) is 0 Å². The van der Waals surface area contributed by atoms with Gasteiger partial charge in [-0.1, -0.05) is 70.2 Å². The third-order valence-electron chi connectivity index (χ3n) is 2.88. The molecule has 1 fully saturated rings. The monoisotopic (exact) mass is 220 g/mol. The van der Waals surface area contributed by atoms with Gasteiger partial charge in [0.2, 0.25) is 0 Å². The normalized spacial score (nSPS) is 12.6. The summed E-state index contributed by atoms with van der Waals surface area (Å²) in [5, 5.41) is 0. The maximum atomic E-state index is 2.23. The highest BCUT2D eigenvalue weighted by Gasteiger charge is 1.95. The Morgan fingerprint density at radius 1 is 0.938 bits per heavy atom. The van der Waals surface area contributed by atoms with E-state index in [1.807, 2.05) is 13.8 Å². The van der Waals surface area contributed by atoms with Crippen LogP contribution >= 0.6 is 0 Å². The molecule has 0 aromatic heterocycles. The van der Waals surface area contributed by atoms with Crippen molar-refractivity contribution in [3.8, 4) is 0 Å². The molecule has 0 unspecified atom stereocenters. The molecule has 0 heterocycles. The van der Waals surface area contributed by atoms with Gasteiger partial charge in [0.05, 0.1) is 0 Å². The highest BCUT2D eigenvalue weighted by molar-refractivity contribution is 5.30. The van der Waals surface area contributed by atoms with Crippen molar-refractivity contribution in [1.82, 2.24) is 0 Å². The molecule has 0 radical (unpaired) electrons. The van der Waals surface area contributed by atoms with Crippen LogP contribution in [0, 0.1) is 13.8 Å². The smallest absolute Gasteiger partial charge is 0.0305 e. The molecule has 0 nitrogen and oxygen atoms in total. The number of hydrogen-bond donors (Lipinski definition) is 0. The highest BCUT2D eigenvalue weighted by Crippen LogP contribution is 2.15. The minimum absolute atomic E-state index is 1.14. The Morgan fingerprint density at radius 2 is 1.44 bits per heavy atom. The molecule has 0 amide bonds. The Labute approximate surface area is 102 Å². The zero-order chi connectivity index (χ0) is 12.4. The Kier molecular flexibility index (Phi) is 8.99. The van der Waals surface area contributed by atoms with Gasteiger partial charge in [0.15, 0.2) is 0 Å². The van der Waals surface area contributed by atoms with Gasteiger partial charge in [-0.15, -0.1) is 0 Å². The molecule has 1 aliphatic rings. The molecular formula is C16H28. The third kappa shape index (κ3) is 5.95. The Balaban J connectivity index is 0.000000311. The third-order valence-corrected chi connectivity index (χ3v) is 2.88. The van der Waals surface area contributed by atoms with Crippen molar-refractivity contribution in [2.45, 2.75) is 66.7 Å². The zero-order valence-corrected chi connectivity index (χ0v) is 11.8. The van der Waals surface area contributed by atoms with Crippen LogP contribution in [0.2, 0.25) is 0 Å². The zero-order valence-electron chi connectivity index (χ0n) is 11.8. The first-order valence-corrected chi connectivity index (χ1v) is 6.80. The molecule has 1 aromatic rings. The second-order valence-corrected chi connectivity index (χ2v) is 4.20. The van der Waals surface area contributed by atoms with Crippen molar-refractivity contribution in [1.29, 1.82) is 0 Å². The van der Waals surface area contributed by atoms with Gasteiger partial charge in [-0.3, -0.25) is 0 Å². The van der Waals surface area contributed by atoms with Gasteiger partial charge in [-0.2, -0.15) is 0 Å². The fourth-order valence-electron chi connectivity index (χ4n) is 1.49. The lowest BCUT2D eigenvalue weighted by Crippen LogP contribution is -1.85. The van der Waals surface area contributed by atoms with Crippen LogP contribution in [0.4, 0.5) is 0 Å². The van der Waals surface area contributed by atoms with E-state index in [-0.39, 0.29) is 0 Å². The van der Waals surface area contributed by atoms with Crippen molar-refractivity contribution in [2.24, 2.45) is 0 Å². The molecule has 0 N–H and O–H groups in total. The highest BCUT2D eigenvalue weighted by atomic mass is 14.0. The molecular weight excluding hydrogens is 192 g/mol. The molecule has 0 atom stereocenters. The summed E-state index contributed by atoms with van der Waals surface area (Å²) < 4.78 is 0. The van der Waals surface area contributed by atoms with E-state index in [2.05, 4.69) is 39.0 Å². The predicted molar refractivity (Wildman–Crippen MR) is 75.1 cm³/mol. The molecule has 2 rings (SSSR count). The molecule has 1 saturated carbocycles. The van der Waals surface area contributed by atoms with E-state index < -0.39 is 0 Å². The molecule has 0 spiro atoms. The van der Waals surface area contributed by atoms with Crippen molar-refractivity contribution in [2.75, 3.05) is 0 Å². The van der Waals surface area contributed by atoms with E-state index in [1.165, 1.54) is 42.4 Å². The van der Waals surface area contributed by atoms with E-state index >= 15 is 0 Å². The lowest BCUT2D eigenvalue weighted by atomic mass is 10.0. The largest absolute Gasteiger partial charge is 0.0683 e. The second kappa shape index (κ2) is 9.45. The quantitative estimate of drug-likeness (QED) is 0.590.